The first-order valence-corrected chi connectivity index (χ1v) is 5.01. The van der Waals surface area contributed by atoms with E-state index in [0.717, 1.165) is 0 Å². The van der Waals surface area contributed by atoms with Gasteiger partial charge in [0.05, 0.1) is 5.56 Å². The molecule has 0 atom stereocenters. The fourth-order valence-corrected chi connectivity index (χ4v) is 1.71. The van der Waals surface area contributed by atoms with Gasteiger partial charge in [0.2, 0.25) is 0 Å². The van der Waals surface area contributed by atoms with E-state index in [9.17, 15) is 26.7 Å². The van der Waals surface area contributed by atoms with Crippen LogP contribution in [0.5, 0.6) is 0 Å². The maximum Gasteiger partial charge on any atom is 0.434 e. The number of hydrogen-bond donors (Lipinski definition) is 1. The second-order valence-corrected chi connectivity index (χ2v) is 3.97. The maximum atomic E-state index is 12.5. The van der Waals surface area contributed by atoms with Gasteiger partial charge in [-0.15, -0.1) is 0 Å². The summed E-state index contributed by atoms with van der Waals surface area (Å²) < 4.78 is 62.0. The van der Waals surface area contributed by atoms with Crippen LogP contribution < -0.4 is 0 Å². The van der Waals surface area contributed by atoms with Crippen LogP contribution >= 0.6 is 22.6 Å². The van der Waals surface area contributed by atoms with Crippen LogP contribution in [0.1, 0.15) is 28.0 Å². The molecule has 0 aliphatic rings. The molecule has 0 radical (unpaired) electrons. The molecule has 1 heterocycles. The lowest BCUT2D eigenvalue weighted by molar-refractivity contribution is -0.141. The minimum atomic E-state index is -5.10. The molecular formula is C8H3F5INO2. The Hall–Kier alpha value is -1.00. The predicted octanol–water partition coefficient (Wildman–Crippen LogP) is 3.34. The highest BCUT2D eigenvalue weighted by molar-refractivity contribution is 14.1. The van der Waals surface area contributed by atoms with Gasteiger partial charge in [-0.1, -0.05) is 0 Å². The van der Waals surface area contributed by atoms with Gasteiger partial charge in [-0.2, -0.15) is 13.2 Å². The molecule has 0 saturated carbocycles. The lowest BCUT2D eigenvalue weighted by Gasteiger charge is -2.13. The number of rotatable bonds is 2. The Balaban J connectivity index is 3.64. The van der Waals surface area contributed by atoms with Crippen LogP contribution in [0, 0.1) is 3.70 Å². The molecule has 1 aromatic rings. The Labute approximate surface area is 105 Å². The monoisotopic (exact) mass is 367 g/mol. The number of carboxylic acids is 1. The zero-order valence-electron chi connectivity index (χ0n) is 7.73. The van der Waals surface area contributed by atoms with E-state index < -0.39 is 35.4 Å². The summed E-state index contributed by atoms with van der Waals surface area (Å²) in [5, 5.41) is 8.57. The van der Waals surface area contributed by atoms with Gasteiger partial charge in [-0.25, -0.2) is 18.6 Å². The Morgan fingerprint density at radius 3 is 2.29 bits per heavy atom. The molecule has 1 rings (SSSR count). The molecule has 0 amide bonds. The Morgan fingerprint density at radius 1 is 1.41 bits per heavy atom. The summed E-state index contributed by atoms with van der Waals surface area (Å²) in [5.74, 6) is -2.09. The van der Waals surface area contributed by atoms with Crippen LogP contribution in [-0.4, -0.2) is 16.1 Å². The van der Waals surface area contributed by atoms with E-state index in [-0.39, 0.29) is 3.70 Å². The molecule has 0 spiro atoms. The molecule has 0 aliphatic carbocycles. The van der Waals surface area contributed by atoms with Crippen LogP contribution in [0.4, 0.5) is 22.0 Å². The van der Waals surface area contributed by atoms with Gasteiger partial charge in [0.15, 0.2) is 5.69 Å². The number of nitrogens with zero attached hydrogens (tertiary/aromatic N) is 1. The Morgan fingerprint density at radius 2 is 1.94 bits per heavy atom. The summed E-state index contributed by atoms with van der Waals surface area (Å²) in [4.78, 5) is 13.6. The SMILES string of the molecule is O=C(O)c1c(C(F)F)cc(I)nc1C(F)(F)F. The zero-order valence-corrected chi connectivity index (χ0v) is 9.88. The second-order valence-electron chi connectivity index (χ2n) is 2.86. The van der Waals surface area contributed by atoms with Crippen LogP contribution in [0.25, 0.3) is 0 Å². The first-order valence-electron chi connectivity index (χ1n) is 3.93. The normalized spacial score (nSPS) is 11.9. The van der Waals surface area contributed by atoms with E-state index in [1.54, 1.807) is 0 Å². The van der Waals surface area contributed by atoms with Gasteiger partial charge >= 0.3 is 12.1 Å². The van der Waals surface area contributed by atoms with E-state index in [0.29, 0.717) is 6.07 Å². The van der Waals surface area contributed by atoms with Crippen molar-refractivity contribution in [2.24, 2.45) is 0 Å². The third-order valence-electron chi connectivity index (χ3n) is 1.74. The van der Waals surface area contributed by atoms with Gasteiger partial charge in [0, 0.05) is 5.56 Å². The van der Waals surface area contributed by atoms with Crippen molar-refractivity contribution in [3.05, 3.63) is 26.6 Å². The summed E-state index contributed by atoms with van der Waals surface area (Å²) in [6, 6.07) is 0.615. The van der Waals surface area contributed by atoms with Crippen molar-refractivity contribution in [3.63, 3.8) is 0 Å². The van der Waals surface area contributed by atoms with E-state index in [1.165, 1.54) is 22.6 Å². The molecule has 0 aromatic carbocycles. The minimum Gasteiger partial charge on any atom is -0.478 e. The van der Waals surface area contributed by atoms with Crippen molar-refractivity contribution in [1.29, 1.82) is 0 Å². The highest BCUT2D eigenvalue weighted by Gasteiger charge is 2.40. The third-order valence-corrected chi connectivity index (χ3v) is 2.29. The highest BCUT2D eigenvalue weighted by Crippen LogP contribution is 2.35. The fraction of sp³-hybridized carbons (Fsp3) is 0.250. The first kappa shape index (κ1) is 14.1. The second kappa shape index (κ2) is 4.70. The highest BCUT2D eigenvalue weighted by atomic mass is 127. The third kappa shape index (κ3) is 3.01. The number of carbonyl (C=O) groups is 1. The lowest BCUT2D eigenvalue weighted by Crippen LogP contribution is -2.18. The minimum absolute atomic E-state index is 0.352. The number of hydrogen-bond acceptors (Lipinski definition) is 2. The summed E-state index contributed by atoms with van der Waals surface area (Å²) in [7, 11) is 0. The van der Waals surface area contributed by atoms with E-state index in [1.807, 2.05) is 0 Å². The quantitative estimate of drug-likeness (QED) is 0.496. The molecule has 0 unspecified atom stereocenters. The number of carboxylic acid groups (broad SMARTS) is 1. The van der Waals surface area contributed by atoms with Crippen molar-refractivity contribution in [2.75, 3.05) is 0 Å². The summed E-state index contributed by atoms with van der Waals surface area (Å²) >= 11 is 1.31. The molecule has 9 heteroatoms. The molecule has 3 nitrogen and oxygen atoms in total. The van der Waals surface area contributed by atoms with Crippen molar-refractivity contribution in [1.82, 2.24) is 4.98 Å². The standard InChI is InChI=1S/C8H3F5INO2/c9-6(10)2-1-3(14)15-5(8(11,12)13)4(2)7(16)17/h1,6H,(H,16,17). The summed E-state index contributed by atoms with van der Waals surface area (Å²) in [6.45, 7) is 0. The van der Waals surface area contributed by atoms with Crippen LogP contribution in [0.3, 0.4) is 0 Å². The smallest absolute Gasteiger partial charge is 0.434 e. The van der Waals surface area contributed by atoms with E-state index in [2.05, 4.69) is 4.98 Å². The molecule has 0 aliphatic heterocycles. The van der Waals surface area contributed by atoms with Gasteiger partial charge in [0.25, 0.3) is 6.43 Å². The maximum absolute atomic E-state index is 12.5. The molecule has 1 N–H and O–H groups in total. The van der Waals surface area contributed by atoms with Crippen molar-refractivity contribution < 1.29 is 31.9 Å². The predicted molar refractivity (Wildman–Crippen MR) is 53.9 cm³/mol. The number of aromatic carboxylic acids is 1. The molecule has 0 saturated heterocycles. The largest absolute Gasteiger partial charge is 0.478 e. The Kier molecular flexibility index (Phi) is 3.89. The van der Waals surface area contributed by atoms with Gasteiger partial charge in [-0.05, 0) is 28.7 Å². The average Bonchev–Trinajstić information content (AvgIpc) is 2.14. The molecule has 17 heavy (non-hydrogen) atoms. The number of pyridine rings is 1. The topological polar surface area (TPSA) is 50.2 Å². The van der Waals surface area contributed by atoms with Crippen LogP contribution in [0.2, 0.25) is 0 Å². The fourth-order valence-electron chi connectivity index (χ4n) is 1.13. The van der Waals surface area contributed by atoms with Crippen LogP contribution in [0.15, 0.2) is 6.07 Å². The van der Waals surface area contributed by atoms with Crippen molar-refractivity contribution >= 4 is 28.6 Å². The molecule has 94 valence electrons. The number of alkyl halides is 5. The molecule has 0 bridgehead atoms. The number of halogens is 6. The Bertz CT molecular complexity index is 460. The summed E-state index contributed by atoms with van der Waals surface area (Å²) in [6.07, 6.45) is -8.42. The van der Waals surface area contributed by atoms with Gasteiger partial charge < -0.3 is 5.11 Å². The number of aromatic nitrogens is 1. The van der Waals surface area contributed by atoms with E-state index in [4.69, 9.17) is 5.11 Å². The van der Waals surface area contributed by atoms with Crippen molar-refractivity contribution in [2.45, 2.75) is 12.6 Å². The lowest BCUT2D eigenvalue weighted by atomic mass is 10.1. The van der Waals surface area contributed by atoms with Crippen LogP contribution in [-0.2, 0) is 6.18 Å². The molecule has 1 aromatic heterocycles. The summed E-state index contributed by atoms with van der Waals surface area (Å²) in [5.41, 5.74) is -4.51. The van der Waals surface area contributed by atoms with E-state index >= 15 is 0 Å². The van der Waals surface area contributed by atoms with Crippen molar-refractivity contribution in [3.8, 4) is 0 Å². The molecular weight excluding hydrogens is 364 g/mol. The molecule has 0 fully saturated rings. The average molecular weight is 367 g/mol. The van der Waals surface area contributed by atoms with Gasteiger partial charge in [0.1, 0.15) is 3.70 Å². The zero-order chi connectivity index (χ0) is 13.4. The van der Waals surface area contributed by atoms with Gasteiger partial charge in [-0.3, -0.25) is 0 Å². The first-order chi connectivity index (χ1) is 7.64.